The second-order valence-electron chi connectivity index (χ2n) is 4.44. The summed E-state index contributed by atoms with van der Waals surface area (Å²) in [5, 5.41) is 4.29. The summed E-state index contributed by atoms with van der Waals surface area (Å²) in [5.41, 5.74) is 2.13. The number of aromatic nitrogens is 5. The van der Waals surface area contributed by atoms with Crippen LogP contribution in [0.3, 0.4) is 0 Å². The lowest BCUT2D eigenvalue weighted by atomic mass is 10.1. The standard InChI is InChI=1S/C14H12BrN5/c1-20-9-18-13(19-20)6-10-3-2-4-11(5-10)14-16-7-12(15)8-17-14/h2-5,7-9H,6H2,1H3. The number of hydrogen-bond donors (Lipinski definition) is 0. The van der Waals surface area contributed by atoms with Gasteiger partial charge in [-0.25, -0.2) is 15.0 Å². The summed E-state index contributed by atoms with van der Waals surface area (Å²) in [7, 11) is 1.86. The largest absolute Gasteiger partial charge is 0.256 e. The van der Waals surface area contributed by atoms with Gasteiger partial charge in [-0.1, -0.05) is 18.2 Å². The number of nitrogens with zero attached hydrogens (tertiary/aromatic N) is 5. The van der Waals surface area contributed by atoms with Gasteiger partial charge in [-0.3, -0.25) is 4.68 Å². The van der Waals surface area contributed by atoms with E-state index >= 15 is 0 Å². The lowest BCUT2D eigenvalue weighted by molar-refractivity contribution is 0.749. The van der Waals surface area contributed by atoms with E-state index < -0.39 is 0 Å². The quantitative estimate of drug-likeness (QED) is 0.741. The first-order chi connectivity index (χ1) is 9.70. The molecule has 0 aliphatic heterocycles. The second kappa shape index (κ2) is 5.50. The van der Waals surface area contributed by atoms with Gasteiger partial charge in [0.15, 0.2) is 11.6 Å². The highest BCUT2D eigenvalue weighted by molar-refractivity contribution is 9.10. The van der Waals surface area contributed by atoms with E-state index in [1.165, 1.54) is 0 Å². The molecular formula is C14H12BrN5. The molecule has 0 aliphatic carbocycles. The second-order valence-corrected chi connectivity index (χ2v) is 5.35. The normalized spacial score (nSPS) is 10.7. The monoisotopic (exact) mass is 329 g/mol. The van der Waals surface area contributed by atoms with Crippen LogP contribution in [0.15, 0.2) is 47.5 Å². The minimum atomic E-state index is 0.700. The predicted molar refractivity (Wildman–Crippen MR) is 79.0 cm³/mol. The van der Waals surface area contributed by atoms with Crippen molar-refractivity contribution in [1.82, 2.24) is 24.7 Å². The van der Waals surface area contributed by atoms with E-state index in [2.05, 4.69) is 48.1 Å². The highest BCUT2D eigenvalue weighted by Gasteiger charge is 2.05. The van der Waals surface area contributed by atoms with Crippen LogP contribution in [-0.4, -0.2) is 24.7 Å². The third-order valence-corrected chi connectivity index (χ3v) is 3.22. The SMILES string of the molecule is Cn1cnc(Cc2cccc(-c3ncc(Br)cn3)c2)n1. The first-order valence-corrected chi connectivity index (χ1v) is 6.91. The fourth-order valence-electron chi connectivity index (χ4n) is 1.93. The van der Waals surface area contributed by atoms with Gasteiger partial charge in [-0.05, 0) is 27.6 Å². The summed E-state index contributed by atoms with van der Waals surface area (Å²) in [6.45, 7) is 0. The zero-order valence-electron chi connectivity index (χ0n) is 10.9. The maximum Gasteiger partial charge on any atom is 0.159 e. The van der Waals surface area contributed by atoms with Crippen molar-refractivity contribution in [2.45, 2.75) is 6.42 Å². The molecule has 2 heterocycles. The maximum atomic E-state index is 4.31. The smallest absolute Gasteiger partial charge is 0.159 e. The van der Waals surface area contributed by atoms with E-state index in [1.54, 1.807) is 23.4 Å². The van der Waals surface area contributed by atoms with Crippen LogP contribution in [0, 0.1) is 0 Å². The molecule has 5 nitrogen and oxygen atoms in total. The van der Waals surface area contributed by atoms with Crippen LogP contribution in [0.4, 0.5) is 0 Å². The first-order valence-electron chi connectivity index (χ1n) is 6.12. The Morgan fingerprint density at radius 2 is 1.95 bits per heavy atom. The van der Waals surface area contributed by atoms with Crippen LogP contribution in [0.25, 0.3) is 11.4 Å². The molecule has 0 radical (unpaired) electrons. The summed E-state index contributed by atoms with van der Waals surface area (Å²) in [6, 6.07) is 8.12. The average molecular weight is 330 g/mol. The van der Waals surface area contributed by atoms with Gasteiger partial charge in [0.1, 0.15) is 6.33 Å². The van der Waals surface area contributed by atoms with Crippen LogP contribution in [0.1, 0.15) is 11.4 Å². The van der Waals surface area contributed by atoms with Gasteiger partial charge in [0.05, 0.1) is 4.47 Å². The Labute approximate surface area is 124 Å². The zero-order chi connectivity index (χ0) is 13.9. The Kier molecular flexibility index (Phi) is 3.56. The molecule has 0 saturated heterocycles. The van der Waals surface area contributed by atoms with E-state index in [4.69, 9.17) is 0 Å². The van der Waals surface area contributed by atoms with Gasteiger partial charge in [-0.2, -0.15) is 5.10 Å². The van der Waals surface area contributed by atoms with Crippen molar-refractivity contribution in [2.75, 3.05) is 0 Å². The topological polar surface area (TPSA) is 56.5 Å². The van der Waals surface area contributed by atoms with E-state index in [9.17, 15) is 0 Å². The molecule has 0 amide bonds. The summed E-state index contributed by atoms with van der Waals surface area (Å²) in [6.07, 6.45) is 5.90. The molecule has 0 atom stereocenters. The van der Waals surface area contributed by atoms with Crippen LogP contribution in [-0.2, 0) is 13.5 Å². The number of rotatable bonds is 3. The first kappa shape index (κ1) is 12.9. The molecule has 1 aromatic carbocycles. The minimum Gasteiger partial charge on any atom is -0.256 e. The molecule has 0 fully saturated rings. The van der Waals surface area contributed by atoms with E-state index in [1.807, 2.05) is 19.2 Å². The molecule has 0 spiro atoms. The van der Waals surface area contributed by atoms with Gasteiger partial charge < -0.3 is 0 Å². The average Bonchev–Trinajstić information content (AvgIpc) is 2.85. The van der Waals surface area contributed by atoms with Gasteiger partial charge in [-0.15, -0.1) is 0 Å². The Morgan fingerprint density at radius 1 is 1.15 bits per heavy atom. The summed E-state index contributed by atoms with van der Waals surface area (Å²) in [5.74, 6) is 1.52. The molecule has 100 valence electrons. The Bertz CT molecular complexity index is 720. The van der Waals surface area contributed by atoms with Crippen LogP contribution >= 0.6 is 15.9 Å². The Morgan fingerprint density at radius 3 is 2.65 bits per heavy atom. The number of halogens is 1. The third kappa shape index (κ3) is 2.91. The molecule has 0 bridgehead atoms. The molecule has 0 unspecified atom stereocenters. The van der Waals surface area contributed by atoms with E-state index in [0.29, 0.717) is 12.2 Å². The van der Waals surface area contributed by atoms with Crippen LogP contribution in [0.2, 0.25) is 0 Å². The Balaban J connectivity index is 1.87. The molecule has 6 heteroatoms. The lowest BCUT2D eigenvalue weighted by Crippen LogP contribution is -1.95. The van der Waals surface area contributed by atoms with Gasteiger partial charge in [0.25, 0.3) is 0 Å². The fraction of sp³-hybridized carbons (Fsp3) is 0.143. The van der Waals surface area contributed by atoms with Crippen molar-refractivity contribution >= 4 is 15.9 Å². The van der Waals surface area contributed by atoms with Crippen LogP contribution in [0.5, 0.6) is 0 Å². The Hall–Kier alpha value is -2.08. The molecule has 20 heavy (non-hydrogen) atoms. The van der Waals surface area contributed by atoms with Crippen molar-refractivity contribution in [3.8, 4) is 11.4 Å². The van der Waals surface area contributed by atoms with Crippen molar-refractivity contribution in [3.05, 3.63) is 58.8 Å². The van der Waals surface area contributed by atoms with Crippen molar-refractivity contribution in [1.29, 1.82) is 0 Å². The summed E-state index contributed by atoms with van der Waals surface area (Å²) >= 11 is 3.34. The van der Waals surface area contributed by atoms with Gasteiger partial charge in [0.2, 0.25) is 0 Å². The molecule has 3 rings (SSSR count). The molecule has 3 aromatic rings. The molecule has 0 aliphatic rings. The molecule has 2 aromatic heterocycles. The lowest BCUT2D eigenvalue weighted by Gasteiger charge is -2.03. The van der Waals surface area contributed by atoms with Crippen molar-refractivity contribution in [2.24, 2.45) is 7.05 Å². The summed E-state index contributed by atoms with van der Waals surface area (Å²) < 4.78 is 2.58. The molecule has 0 saturated carbocycles. The minimum absolute atomic E-state index is 0.700. The zero-order valence-corrected chi connectivity index (χ0v) is 12.4. The third-order valence-electron chi connectivity index (χ3n) is 2.81. The fourth-order valence-corrected chi connectivity index (χ4v) is 2.13. The number of benzene rings is 1. The van der Waals surface area contributed by atoms with Gasteiger partial charge in [0, 0.05) is 31.4 Å². The number of aryl methyl sites for hydroxylation is 1. The molecule has 0 N–H and O–H groups in total. The summed E-state index contributed by atoms with van der Waals surface area (Å²) in [4.78, 5) is 12.9. The highest BCUT2D eigenvalue weighted by atomic mass is 79.9. The number of hydrogen-bond acceptors (Lipinski definition) is 4. The maximum absolute atomic E-state index is 4.31. The van der Waals surface area contributed by atoms with E-state index in [-0.39, 0.29) is 0 Å². The molecular weight excluding hydrogens is 318 g/mol. The van der Waals surface area contributed by atoms with Crippen molar-refractivity contribution in [3.63, 3.8) is 0 Å². The van der Waals surface area contributed by atoms with E-state index in [0.717, 1.165) is 21.4 Å². The van der Waals surface area contributed by atoms with Crippen molar-refractivity contribution < 1.29 is 0 Å². The van der Waals surface area contributed by atoms with Gasteiger partial charge >= 0.3 is 0 Å². The highest BCUT2D eigenvalue weighted by Crippen LogP contribution is 2.18. The van der Waals surface area contributed by atoms with Crippen LogP contribution < -0.4 is 0 Å². The predicted octanol–water partition coefficient (Wildman–Crippen LogP) is 2.63.